The number of hydrogen-bond donors (Lipinski definition) is 1. The van der Waals surface area contributed by atoms with Gasteiger partial charge in [0.2, 0.25) is 0 Å². The molecule has 1 spiro atoms. The van der Waals surface area contributed by atoms with Crippen LogP contribution in [0, 0.1) is 0 Å². The number of aromatic nitrogens is 2. The van der Waals surface area contributed by atoms with Gasteiger partial charge in [-0.2, -0.15) is 0 Å². The first-order chi connectivity index (χ1) is 19.8. The number of methoxy groups -OCH3 is 1. The Morgan fingerprint density at radius 2 is 1.83 bits per heavy atom. The number of rotatable bonds is 5. The van der Waals surface area contributed by atoms with E-state index < -0.39 is 11.6 Å². The standard InChI is InChI=1S/C32H29N3O6.Na/c1-40-29-17-21(16-26-23(29)7-11-35(26)22-3-4-22)30(37)34-12-8-32(9-13-34)18-27(36)24-14-19(2-5-28(24)41-32)25-15-20(31(38)39)6-10-33-25;/h2,5-7,10-11,14-17,22H,3-4,8-9,12-13,18H2,1H3,(H,38,39);. The van der Waals surface area contributed by atoms with E-state index in [1.165, 1.54) is 18.3 Å². The fourth-order valence-corrected chi connectivity index (χ4v) is 6.15. The molecule has 4 heterocycles. The molecule has 0 bridgehead atoms. The Hall–Kier alpha value is -3.66. The number of Topliss-reactive ketones (excluding diaryl/α,β-unsaturated/α-hetero) is 1. The molecular formula is C32H29N3NaO6. The van der Waals surface area contributed by atoms with Crippen molar-refractivity contribution >= 4 is 58.1 Å². The molecule has 9 nitrogen and oxygen atoms in total. The molecule has 2 aliphatic heterocycles. The van der Waals surface area contributed by atoms with Crippen molar-refractivity contribution in [2.45, 2.75) is 43.7 Å². The maximum absolute atomic E-state index is 13.6. The summed E-state index contributed by atoms with van der Waals surface area (Å²) in [5.74, 6) is 0.0893. The Labute approximate surface area is 264 Å². The number of piperidine rings is 1. The quantitative estimate of drug-likeness (QED) is 0.334. The van der Waals surface area contributed by atoms with Gasteiger partial charge in [0.05, 0.1) is 35.9 Å². The second kappa shape index (κ2) is 10.9. The van der Waals surface area contributed by atoms with Crippen LogP contribution in [0.3, 0.4) is 0 Å². The molecular weight excluding hydrogens is 545 g/mol. The van der Waals surface area contributed by atoms with Crippen molar-refractivity contribution in [3.05, 3.63) is 77.6 Å². The first kappa shape index (κ1) is 28.5. The molecule has 209 valence electrons. The number of nitrogens with zero attached hydrogens (tertiary/aromatic N) is 3. The summed E-state index contributed by atoms with van der Waals surface area (Å²) in [4.78, 5) is 44.4. The van der Waals surface area contributed by atoms with Crippen molar-refractivity contribution < 1.29 is 29.0 Å². The molecule has 2 fully saturated rings. The van der Waals surface area contributed by atoms with Crippen LogP contribution < -0.4 is 9.47 Å². The van der Waals surface area contributed by atoms with Crippen LogP contribution in [-0.4, -0.2) is 92.6 Å². The van der Waals surface area contributed by atoms with Gasteiger partial charge in [-0.25, -0.2) is 4.79 Å². The van der Waals surface area contributed by atoms with E-state index in [0.717, 1.165) is 23.7 Å². The first-order valence-corrected chi connectivity index (χ1v) is 13.9. The van der Waals surface area contributed by atoms with Crippen LogP contribution >= 0.6 is 0 Å². The molecule has 0 atom stereocenters. The maximum atomic E-state index is 13.6. The zero-order chi connectivity index (χ0) is 28.3. The number of benzene rings is 2. The van der Waals surface area contributed by atoms with E-state index >= 15 is 0 Å². The van der Waals surface area contributed by atoms with Gasteiger partial charge < -0.3 is 24.0 Å². The number of ketones is 1. The Morgan fingerprint density at radius 1 is 1.05 bits per heavy atom. The Morgan fingerprint density at radius 3 is 2.55 bits per heavy atom. The molecule has 1 N–H and O–H groups in total. The smallest absolute Gasteiger partial charge is 0.335 e. The Bertz CT molecular complexity index is 1740. The number of hydrogen-bond acceptors (Lipinski definition) is 6. The molecule has 1 radical (unpaired) electrons. The first-order valence-electron chi connectivity index (χ1n) is 13.9. The summed E-state index contributed by atoms with van der Waals surface area (Å²) in [5, 5.41) is 10.3. The van der Waals surface area contributed by atoms with Crippen molar-refractivity contribution in [1.82, 2.24) is 14.5 Å². The number of carboxylic acids is 1. The summed E-state index contributed by atoms with van der Waals surface area (Å²) in [6, 6.07) is 14.5. The van der Waals surface area contributed by atoms with Crippen molar-refractivity contribution in [3.8, 4) is 22.8 Å². The molecule has 1 aliphatic carbocycles. The van der Waals surface area contributed by atoms with Gasteiger partial charge in [0.1, 0.15) is 17.1 Å². The molecule has 10 heteroatoms. The molecule has 1 amide bonds. The number of aromatic carboxylic acids is 1. The molecule has 1 saturated heterocycles. The maximum Gasteiger partial charge on any atom is 0.335 e. The average Bonchev–Trinajstić information content (AvgIpc) is 3.74. The minimum Gasteiger partial charge on any atom is -0.496 e. The van der Waals surface area contributed by atoms with Crippen LogP contribution in [0.1, 0.15) is 69.2 Å². The third-order valence-electron chi connectivity index (χ3n) is 8.56. The van der Waals surface area contributed by atoms with E-state index in [4.69, 9.17) is 9.47 Å². The predicted octanol–water partition coefficient (Wildman–Crippen LogP) is 5.00. The van der Waals surface area contributed by atoms with Gasteiger partial charge in [-0.1, -0.05) is 0 Å². The molecule has 42 heavy (non-hydrogen) atoms. The number of likely N-dealkylation sites (tertiary alicyclic amines) is 1. The molecule has 7 rings (SSSR count). The fourth-order valence-electron chi connectivity index (χ4n) is 6.15. The van der Waals surface area contributed by atoms with Crippen LogP contribution in [0.25, 0.3) is 22.2 Å². The summed E-state index contributed by atoms with van der Waals surface area (Å²) < 4.78 is 14.3. The third-order valence-corrected chi connectivity index (χ3v) is 8.56. The van der Waals surface area contributed by atoms with Crippen molar-refractivity contribution in [3.63, 3.8) is 0 Å². The number of fused-ring (bicyclic) bond motifs is 2. The van der Waals surface area contributed by atoms with E-state index in [2.05, 4.69) is 15.7 Å². The summed E-state index contributed by atoms with van der Waals surface area (Å²) in [5.41, 5.74) is 2.69. The average molecular weight is 575 g/mol. The molecule has 4 aromatic rings. The second-order valence-corrected chi connectivity index (χ2v) is 11.2. The van der Waals surface area contributed by atoms with Crippen LogP contribution in [0.2, 0.25) is 0 Å². The van der Waals surface area contributed by atoms with Gasteiger partial charge in [0.25, 0.3) is 5.91 Å². The van der Waals surface area contributed by atoms with Gasteiger partial charge >= 0.3 is 5.97 Å². The molecule has 2 aromatic heterocycles. The van der Waals surface area contributed by atoms with Gasteiger partial charge in [-0.15, -0.1) is 0 Å². The van der Waals surface area contributed by atoms with E-state index in [0.29, 0.717) is 65.9 Å². The normalized spacial score (nSPS) is 17.4. The minimum atomic E-state index is -1.04. The van der Waals surface area contributed by atoms with Crippen LogP contribution in [0.15, 0.2) is 60.9 Å². The zero-order valence-corrected chi connectivity index (χ0v) is 25.6. The van der Waals surface area contributed by atoms with Gasteiger partial charge in [-0.3, -0.25) is 14.6 Å². The Balaban J connectivity index is 0.00000316. The number of carboxylic acid groups (broad SMARTS) is 1. The van der Waals surface area contributed by atoms with Crippen molar-refractivity contribution in [2.24, 2.45) is 0 Å². The van der Waals surface area contributed by atoms with Gasteiger partial charge in [0.15, 0.2) is 5.78 Å². The van der Waals surface area contributed by atoms with E-state index in [1.54, 1.807) is 25.3 Å². The fraction of sp³-hybridized carbons (Fsp3) is 0.312. The number of ether oxygens (including phenoxy) is 2. The number of carbonyl (C=O) groups excluding carboxylic acids is 2. The van der Waals surface area contributed by atoms with E-state index in [1.807, 2.05) is 23.1 Å². The van der Waals surface area contributed by atoms with Gasteiger partial charge in [-0.05, 0) is 61.4 Å². The van der Waals surface area contributed by atoms with Crippen LogP contribution in [0.4, 0.5) is 0 Å². The largest absolute Gasteiger partial charge is 0.496 e. The zero-order valence-electron chi connectivity index (χ0n) is 23.6. The second-order valence-electron chi connectivity index (χ2n) is 11.2. The van der Waals surface area contributed by atoms with Gasteiger partial charge in [0, 0.05) is 90.4 Å². The third kappa shape index (κ3) is 4.99. The SMILES string of the molecule is COc1cc(C(=O)N2CCC3(CC2)CC(=O)c2cc(-c4cc(C(=O)O)ccn4)ccc2O3)cc2c1ccn2C1CC1.[Na]. The molecule has 0 unspecified atom stereocenters. The summed E-state index contributed by atoms with van der Waals surface area (Å²) >= 11 is 0. The van der Waals surface area contributed by atoms with E-state index in [-0.39, 0.29) is 53.2 Å². The summed E-state index contributed by atoms with van der Waals surface area (Å²) in [6.45, 7) is 0.963. The number of carbonyl (C=O) groups is 3. The molecule has 2 aromatic carbocycles. The van der Waals surface area contributed by atoms with Crippen molar-refractivity contribution in [2.75, 3.05) is 20.2 Å². The van der Waals surface area contributed by atoms with E-state index in [9.17, 15) is 19.5 Å². The molecule has 1 saturated carbocycles. The molecule has 3 aliphatic rings. The Kier molecular flexibility index (Phi) is 7.37. The topological polar surface area (TPSA) is 111 Å². The number of amides is 1. The predicted molar refractivity (Wildman–Crippen MR) is 157 cm³/mol. The van der Waals surface area contributed by atoms with Crippen molar-refractivity contribution in [1.29, 1.82) is 0 Å². The number of pyridine rings is 1. The van der Waals surface area contributed by atoms with Crippen LogP contribution in [-0.2, 0) is 0 Å². The monoisotopic (exact) mass is 574 g/mol. The minimum absolute atomic E-state index is 0. The summed E-state index contributed by atoms with van der Waals surface area (Å²) in [6.07, 6.45) is 7.14. The van der Waals surface area contributed by atoms with Crippen LogP contribution in [0.5, 0.6) is 11.5 Å². The summed E-state index contributed by atoms with van der Waals surface area (Å²) in [7, 11) is 1.63.